The van der Waals surface area contributed by atoms with Gasteiger partial charge in [-0.2, -0.15) is 0 Å². The zero-order valence-electron chi connectivity index (χ0n) is 10.2. The lowest BCUT2D eigenvalue weighted by molar-refractivity contribution is 0.588. The highest BCUT2D eigenvalue weighted by Gasteiger charge is 2.13. The van der Waals surface area contributed by atoms with Gasteiger partial charge in [0.2, 0.25) is 10.0 Å². The standard InChI is InChI=1S/C11H18N2O2S2/c1-8(2)7-16-11-5-4-9(6-10(11)12)17(14,15)13-3/h4-6,8,13H,7,12H2,1-3H3. The largest absolute Gasteiger partial charge is 0.398 e. The average Bonchev–Trinajstić information content (AvgIpc) is 2.27. The Hall–Kier alpha value is -0.720. The fourth-order valence-corrected chi connectivity index (χ4v) is 2.87. The van der Waals surface area contributed by atoms with E-state index in [-0.39, 0.29) is 4.90 Å². The Morgan fingerprint density at radius 3 is 2.53 bits per heavy atom. The molecule has 0 aliphatic carbocycles. The highest BCUT2D eigenvalue weighted by Crippen LogP contribution is 2.28. The van der Waals surface area contributed by atoms with Crippen molar-refractivity contribution in [1.82, 2.24) is 4.72 Å². The molecule has 0 spiro atoms. The van der Waals surface area contributed by atoms with E-state index in [9.17, 15) is 8.42 Å². The van der Waals surface area contributed by atoms with Crippen LogP contribution in [-0.2, 0) is 10.0 Å². The highest BCUT2D eigenvalue weighted by molar-refractivity contribution is 7.99. The van der Waals surface area contributed by atoms with Gasteiger partial charge >= 0.3 is 0 Å². The van der Waals surface area contributed by atoms with Gasteiger partial charge in [0.05, 0.1) is 4.90 Å². The molecule has 4 nitrogen and oxygen atoms in total. The van der Waals surface area contributed by atoms with Crippen LogP contribution in [0.5, 0.6) is 0 Å². The minimum absolute atomic E-state index is 0.200. The summed E-state index contributed by atoms with van der Waals surface area (Å²) in [5.41, 5.74) is 6.35. The molecule has 0 fully saturated rings. The van der Waals surface area contributed by atoms with Crippen molar-refractivity contribution >= 4 is 27.5 Å². The Bertz CT molecular complexity index is 484. The molecule has 0 radical (unpaired) electrons. The Labute approximate surface area is 107 Å². The molecule has 96 valence electrons. The predicted octanol–water partition coefficient (Wildman–Crippen LogP) is 1.92. The van der Waals surface area contributed by atoms with Crippen LogP contribution in [0.25, 0.3) is 0 Å². The highest BCUT2D eigenvalue weighted by atomic mass is 32.2. The van der Waals surface area contributed by atoms with Crippen LogP contribution in [0.2, 0.25) is 0 Å². The van der Waals surface area contributed by atoms with Crippen molar-refractivity contribution < 1.29 is 8.42 Å². The van der Waals surface area contributed by atoms with Crippen molar-refractivity contribution in [3.63, 3.8) is 0 Å². The third-order valence-corrected chi connectivity index (χ3v) is 5.06. The van der Waals surface area contributed by atoms with E-state index in [4.69, 9.17) is 5.73 Å². The summed E-state index contributed by atoms with van der Waals surface area (Å²) in [6.07, 6.45) is 0. The SMILES string of the molecule is CNS(=O)(=O)c1ccc(SCC(C)C)c(N)c1. The van der Waals surface area contributed by atoms with Crippen molar-refractivity contribution in [2.45, 2.75) is 23.6 Å². The van der Waals surface area contributed by atoms with Crippen molar-refractivity contribution in [3.8, 4) is 0 Å². The van der Waals surface area contributed by atoms with Crippen LogP contribution in [0.1, 0.15) is 13.8 Å². The Balaban J connectivity index is 2.94. The Morgan fingerprint density at radius 1 is 1.41 bits per heavy atom. The first-order valence-electron chi connectivity index (χ1n) is 5.32. The van der Waals surface area contributed by atoms with Crippen LogP contribution >= 0.6 is 11.8 Å². The summed E-state index contributed by atoms with van der Waals surface area (Å²) in [6, 6.07) is 4.83. The number of nitrogens with one attached hydrogen (secondary N) is 1. The number of hydrogen-bond donors (Lipinski definition) is 2. The molecule has 0 aliphatic rings. The van der Waals surface area contributed by atoms with E-state index in [0.29, 0.717) is 11.6 Å². The van der Waals surface area contributed by atoms with E-state index in [0.717, 1.165) is 10.6 Å². The van der Waals surface area contributed by atoms with Crippen LogP contribution in [0.15, 0.2) is 28.0 Å². The third kappa shape index (κ3) is 3.90. The molecule has 0 bridgehead atoms. The second-order valence-corrected chi connectivity index (χ2v) is 7.06. The van der Waals surface area contributed by atoms with Crippen LogP contribution in [0.4, 0.5) is 5.69 Å². The second kappa shape index (κ2) is 5.75. The van der Waals surface area contributed by atoms with Gasteiger partial charge in [-0.25, -0.2) is 13.1 Å². The first kappa shape index (κ1) is 14.3. The molecule has 1 aromatic carbocycles. The molecule has 0 saturated heterocycles. The summed E-state index contributed by atoms with van der Waals surface area (Å²) < 4.78 is 25.4. The second-order valence-electron chi connectivity index (χ2n) is 4.11. The minimum Gasteiger partial charge on any atom is -0.398 e. The van der Waals surface area contributed by atoms with Crippen LogP contribution in [0, 0.1) is 5.92 Å². The smallest absolute Gasteiger partial charge is 0.240 e. The quantitative estimate of drug-likeness (QED) is 0.635. The maximum Gasteiger partial charge on any atom is 0.240 e. The summed E-state index contributed by atoms with van der Waals surface area (Å²) in [5, 5.41) is 0. The zero-order valence-corrected chi connectivity index (χ0v) is 11.9. The van der Waals surface area contributed by atoms with E-state index in [1.54, 1.807) is 23.9 Å². The number of benzene rings is 1. The maximum absolute atomic E-state index is 11.6. The van der Waals surface area contributed by atoms with Crippen molar-refractivity contribution in [1.29, 1.82) is 0 Å². The third-order valence-electron chi connectivity index (χ3n) is 2.13. The first-order chi connectivity index (χ1) is 7.86. The summed E-state index contributed by atoms with van der Waals surface area (Å²) >= 11 is 1.64. The molecule has 0 aliphatic heterocycles. The van der Waals surface area contributed by atoms with E-state index in [1.807, 2.05) is 0 Å². The molecule has 0 aromatic heterocycles. The number of rotatable bonds is 5. The molecule has 3 N–H and O–H groups in total. The lowest BCUT2D eigenvalue weighted by Gasteiger charge is -2.09. The molecule has 0 saturated carbocycles. The molecular weight excluding hydrogens is 256 g/mol. The summed E-state index contributed by atoms with van der Waals surface area (Å²) in [4.78, 5) is 1.13. The number of thioether (sulfide) groups is 1. The van der Waals surface area contributed by atoms with Crippen molar-refractivity contribution in [2.24, 2.45) is 5.92 Å². The van der Waals surface area contributed by atoms with Crippen LogP contribution in [-0.4, -0.2) is 21.2 Å². The average molecular weight is 274 g/mol. The molecule has 1 rings (SSSR count). The number of nitrogen functional groups attached to an aromatic ring is 1. The summed E-state index contributed by atoms with van der Waals surface area (Å²) in [7, 11) is -2.03. The van der Waals surface area contributed by atoms with Crippen LogP contribution in [0.3, 0.4) is 0 Å². The fraction of sp³-hybridized carbons (Fsp3) is 0.455. The van der Waals surface area contributed by atoms with Gasteiger partial charge in [-0.3, -0.25) is 0 Å². The Morgan fingerprint density at radius 2 is 2.06 bits per heavy atom. The number of sulfonamides is 1. The normalized spacial score (nSPS) is 12.0. The van der Waals surface area contributed by atoms with Crippen LogP contribution < -0.4 is 10.5 Å². The molecule has 0 unspecified atom stereocenters. The maximum atomic E-state index is 11.6. The molecule has 6 heteroatoms. The molecule has 0 heterocycles. The van der Waals surface area contributed by atoms with E-state index < -0.39 is 10.0 Å². The van der Waals surface area contributed by atoms with Gasteiger partial charge in [-0.05, 0) is 31.2 Å². The van der Waals surface area contributed by atoms with Gasteiger partial charge in [0.25, 0.3) is 0 Å². The van der Waals surface area contributed by atoms with Gasteiger partial charge in [0.1, 0.15) is 0 Å². The van der Waals surface area contributed by atoms with Gasteiger partial charge in [-0.15, -0.1) is 11.8 Å². The van der Waals surface area contributed by atoms with E-state index in [2.05, 4.69) is 18.6 Å². The summed E-state index contributed by atoms with van der Waals surface area (Å²) in [5.74, 6) is 1.53. The van der Waals surface area contributed by atoms with Crippen molar-refractivity contribution in [3.05, 3.63) is 18.2 Å². The van der Waals surface area contributed by atoms with Gasteiger partial charge < -0.3 is 5.73 Å². The minimum atomic E-state index is -3.41. The van der Waals surface area contributed by atoms with E-state index in [1.165, 1.54) is 13.1 Å². The number of nitrogens with two attached hydrogens (primary N) is 1. The predicted molar refractivity (Wildman–Crippen MR) is 72.7 cm³/mol. The molecule has 0 amide bonds. The van der Waals surface area contributed by atoms with Crippen molar-refractivity contribution in [2.75, 3.05) is 18.5 Å². The molecule has 17 heavy (non-hydrogen) atoms. The molecule has 1 aromatic rings. The fourth-order valence-electron chi connectivity index (χ4n) is 1.20. The van der Waals surface area contributed by atoms with Gasteiger partial charge in [0, 0.05) is 16.3 Å². The molecular formula is C11H18N2O2S2. The topological polar surface area (TPSA) is 72.2 Å². The Kier molecular flexibility index (Phi) is 4.85. The van der Waals surface area contributed by atoms with E-state index >= 15 is 0 Å². The number of anilines is 1. The lowest BCUT2D eigenvalue weighted by Crippen LogP contribution is -2.18. The number of hydrogen-bond acceptors (Lipinski definition) is 4. The van der Waals surface area contributed by atoms with Gasteiger partial charge in [0.15, 0.2) is 0 Å². The van der Waals surface area contributed by atoms with Gasteiger partial charge in [-0.1, -0.05) is 13.8 Å². The summed E-state index contributed by atoms with van der Waals surface area (Å²) in [6.45, 7) is 4.26. The zero-order chi connectivity index (χ0) is 13.1. The lowest BCUT2D eigenvalue weighted by atomic mass is 10.3. The first-order valence-corrected chi connectivity index (χ1v) is 7.79. The molecule has 0 atom stereocenters. The monoisotopic (exact) mass is 274 g/mol.